The molecule has 12 aromatic rings. The average molecular weight is 713 g/mol. The Morgan fingerprint density at radius 1 is 0.286 bits per heavy atom. The summed E-state index contributed by atoms with van der Waals surface area (Å²) in [5, 5.41) is 13.0. The lowest BCUT2D eigenvalue weighted by atomic mass is 9.84. The summed E-state index contributed by atoms with van der Waals surface area (Å²) in [5.41, 5.74) is 10.6. The minimum absolute atomic E-state index is 0.811. The van der Waals surface area contributed by atoms with Gasteiger partial charge in [-0.2, -0.15) is 0 Å². The molecule has 0 aliphatic carbocycles. The van der Waals surface area contributed by atoms with E-state index >= 15 is 0 Å². The number of rotatable bonds is 4. The van der Waals surface area contributed by atoms with E-state index in [1.54, 1.807) is 0 Å². The van der Waals surface area contributed by atoms with E-state index in [0.717, 1.165) is 60.9 Å². The molecule has 260 valence electrons. The molecular formula is C54H32O2. The van der Waals surface area contributed by atoms with Gasteiger partial charge in [0.15, 0.2) is 0 Å². The van der Waals surface area contributed by atoms with Crippen molar-refractivity contribution in [2.75, 3.05) is 0 Å². The van der Waals surface area contributed by atoms with Gasteiger partial charge in [0, 0.05) is 21.9 Å². The normalized spacial score (nSPS) is 11.9. The Balaban J connectivity index is 1.11. The van der Waals surface area contributed by atoms with Gasteiger partial charge in [0.1, 0.15) is 22.5 Å². The summed E-state index contributed by atoms with van der Waals surface area (Å²) in [6.07, 6.45) is 0. The van der Waals surface area contributed by atoms with E-state index in [9.17, 15) is 0 Å². The topological polar surface area (TPSA) is 26.3 Å². The molecule has 2 nitrogen and oxygen atoms in total. The lowest BCUT2D eigenvalue weighted by Gasteiger charge is -2.19. The predicted molar refractivity (Wildman–Crippen MR) is 235 cm³/mol. The molecule has 0 saturated carbocycles. The van der Waals surface area contributed by atoms with Crippen LogP contribution in [0.1, 0.15) is 0 Å². The van der Waals surface area contributed by atoms with Gasteiger partial charge in [-0.25, -0.2) is 0 Å². The maximum absolute atomic E-state index is 6.90. The van der Waals surface area contributed by atoms with Crippen LogP contribution in [0.3, 0.4) is 0 Å². The van der Waals surface area contributed by atoms with E-state index in [0.29, 0.717) is 0 Å². The summed E-state index contributed by atoms with van der Waals surface area (Å²) in [6.45, 7) is 0. The highest BCUT2D eigenvalue weighted by Crippen LogP contribution is 2.49. The average Bonchev–Trinajstić information content (AvgIpc) is 3.84. The fourth-order valence-corrected chi connectivity index (χ4v) is 9.25. The Morgan fingerprint density at radius 3 is 1.54 bits per heavy atom. The van der Waals surface area contributed by atoms with Gasteiger partial charge in [-0.3, -0.25) is 0 Å². The molecule has 0 atom stereocenters. The predicted octanol–water partition coefficient (Wildman–Crippen LogP) is 15.6. The zero-order chi connectivity index (χ0) is 36.7. The molecule has 0 aliphatic rings. The molecular weight excluding hydrogens is 681 g/mol. The van der Waals surface area contributed by atoms with E-state index in [4.69, 9.17) is 8.83 Å². The summed E-state index contributed by atoms with van der Waals surface area (Å²) in [4.78, 5) is 0. The first-order valence-corrected chi connectivity index (χ1v) is 19.2. The molecule has 0 radical (unpaired) electrons. The van der Waals surface area contributed by atoms with Crippen LogP contribution < -0.4 is 0 Å². The second kappa shape index (κ2) is 12.0. The number of fused-ring (bicyclic) bond motifs is 10. The minimum atomic E-state index is 0.811. The molecule has 0 bridgehead atoms. The minimum Gasteiger partial charge on any atom is -0.456 e. The Bertz CT molecular complexity index is 3460. The summed E-state index contributed by atoms with van der Waals surface area (Å²) in [7, 11) is 0. The summed E-state index contributed by atoms with van der Waals surface area (Å²) >= 11 is 0. The van der Waals surface area contributed by atoms with Crippen molar-refractivity contribution in [3.63, 3.8) is 0 Å². The van der Waals surface area contributed by atoms with Crippen molar-refractivity contribution in [1.29, 1.82) is 0 Å². The summed E-state index contributed by atoms with van der Waals surface area (Å²) < 4.78 is 13.6. The first kappa shape index (κ1) is 31.0. The molecule has 12 rings (SSSR count). The molecule has 0 amide bonds. The van der Waals surface area contributed by atoms with Crippen molar-refractivity contribution in [3.8, 4) is 44.7 Å². The molecule has 2 heteroatoms. The zero-order valence-electron chi connectivity index (χ0n) is 30.3. The van der Waals surface area contributed by atoms with Crippen LogP contribution in [0.2, 0.25) is 0 Å². The van der Waals surface area contributed by atoms with E-state index in [1.165, 1.54) is 59.8 Å². The zero-order valence-corrected chi connectivity index (χ0v) is 30.3. The Hall–Kier alpha value is -7.42. The molecule has 0 aliphatic heterocycles. The van der Waals surface area contributed by atoms with Crippen molar-refractivity contribution in [2.45, 2.75) is 0 Å². The quantitative estimate of drug-likeness (QED) is 0.134. The molecule has 10 aromatic carbocycles. The molecule has 0 N–H and O–H groups in total. The molecule has 0 spiro atoms. The maximum atomic E-state index is 6.90. The first-order chi connectivity index (χ1) is 27.8. The molecule has 0 unspecified atom stereocenters. The lowest BCUT2D eigenvalue weighted by Crippen LogP contribution is -1.92. The van der Waals surface area contributed by atoms with Crippen LogP contribution in [0.25, 0.3) is 121 Å². The van der Waals surface area contributed by atoms with E-state index in [-0.39, 0.29) is 0 Å². The van der Waals surface area contributed by atoms with Gasteiger partial charge in [0.05, 0.1) is 5.39 Å². The number of hydrogen-bond acceptors (Lipinski definition) is 2. The second-order valence-electron chi connectivity index (χ2n) is 14.7. The highest BCUT2D eigenvalue weighted by molar-refractivity contribution is 6.27. The van der Waals surface area contributed by atoms with Crippen LogP contribution in [0.5, 0.6) is 0 Å². The van der Waals surface area contributed by atoms with E-state index in [1.807, 2.05) is 6.07 Å². The maximum Gasteiger partial charge on any atom is 0.147 e. The van der Waals surface area contributed by atoms with Crippen molar-refractivity contribution < 1.29 is 8.83 Å². The van der Waals surface area contributed by atoms with Crippen molar-refractivity contribution in [1.82, 2.24) is 0 Å². The van der Waals surface area contributed by atoms with Gasteiger partial charge >= 0.3 is 0 Å². The van der Waals surface area contributed by atoms with Crippen molar-refractivity contribution in [2.24, 2.45) is 0 Å². The first-order valence-electron chi connectivity index (χ1n) is 19.2. The SMILES string of the molecule is c1ccc(-c2oc3c(ccc4oc5cc(-c6c7ccccc7c(-c7cc8ccccc8c8ccccc78)c7ccccc67)ccc5c43)c2-c2ccccc2)cc1. The molecule has 56 heavy (non-hydrogen) atoms. The highest BCUT2D eigenvalue weighted by Gasteiger charge is 2.23. The van der Waals surface area contributed by atoms with Gasteiger partial charge in [0.2, 0.25) is 0 Å². The summed E-state index contributed by atoms with van der Waals surface area (Å²) in [5.74, 6) is 0.863. The Kier molecular flexibility index (Phi) is 6.66. The van der Waals surface area contributed by atoms with E-state index in [2.05, 4.69) is 188 Å². The fourth-order valence-electron chi connectivity index (χ4n) is 9.25. The molecule has 2 heterocycles. The number of hydrogen-bond donors (Lipinski definition) is 0. The third-order valence-electron chi connectivity index (χ3n) is 11.6. The number of benzene rings is 10. The molecule has 0 saturated heterocycles. The van der Waals surface area contributed by atoms with Crippen molar-refractivity contribution in [3.05, 3.63) is 194 Å². The smallest absolute Gasteiger partial charge is 0.147 e. The largest absolute Gasteiger partial charge is 0.456 e. The van der Waals surface area contributed by atoms with Gasteiger partial charge in [0.25, 0.3) is 0 Å². The van der Waals surface area contributed by atoms with Gasteiger partial charge in [-0.1, -0.05) is 164 Å². The van der Waals surface area contributed by atoms with Crippen LogP contribution in [0.15, 0.2) is 203 Å². The standard InChI is InChI=1S/C54H32O2/c1-3-15-33(16-4-1)50-45-29-30-47-52(54(45)56-53(50)34-17-5-2-6-18-34)44-28-27-36(32-48(44)55-47)49-40-23-11-13-25-42(40)51(43-26-14-12-24-41(43)49)46-31-35-19-7-8-20-37(35)38-21-9-10-22-39(38)46/h1-32H. The van der Waals surface area contributed by atoms with Crippen LogP contribution >= 0.6 is 0 Å². The lowest BCUT2D eigenvalue weighted by molar-refractivity contribution is 0.634. The third kappa shape index (κ3) is 4.50. The Labute approximate surface area is 322 Å². The van der Waals surface area contributed by atoms with E-state index < -0.39 is 0 Å². The van der Waals surface area contributed by atoms with Crippen LogP contribution in [-0.4, -0.2) is 0 Å². The second-order valence-corrected chi connectivity index (χ2v) is 14.7. The van der Waals surface area contributed by atoms with Crippen LogP contribution in [-0.2, 0) is 0 Å². The van der Waals surface area contributed by atoms with Crippen molar-refractivity contribution >= 4 is 76.0 Å². The molecule has 2 aromatic heterocycles. The fraction of sp³-hybridized carbons (Fsp3) is 0. The monoisotopic (exact) mass is 712 g/mol. The van der Waals surface area contributed by atoms with Crippen LogP contribution in [0.4, 0.5) is 0 Å². The molecule has 0 fully saturated rings. The van der Waals surface area contributed by atoms with Gasteiger partial charge in [-0.05, 0) is 101 Å². The van der Waals surface area contributed by atoms with Gasteiger partial charge < -0.3 is 8.83 Å². The van der Waals surface area contributed by atoms with Crippen LogP contribution in [0, 0.1) is 0 Å². The summed E-state index contributed by atoms with van der Waals surface area (Å²) in [6, 6.07) is 69.6. The Morgan fingerprint density at radius 2 is 0.839 bits per heavy atom. The van der Waals surface area contributed by atoms with Gasteiger partial charge in [-0.15, -0.1) is 0 Å². The number of furan rings is 2. The highest BCUT2D eigenvalue weighted by atomic mass is 16.3. The third-order valence-corrected chi connectivity index (χ3v) is 11.6.